The van der Waals surface area contributed by atoms with Crippen LogP contribution >= 0.6 is 23.4 Å². The lowest BCUT2D eigenvalue weighted by atomic mass is 10.6. The molecule has 0 rings (SSSR count). The van der Waals surface area contributed by atoms with Gasteiger partial charge in [0, 0.05) is 19.1 Å². The van der Waals surface area contributed by atoms with Gasteiger partial charge in [-0.2, -0.15) is 0 Å². The molecule has 0 radical (unpaired) electrons. The third-order valence-corrected chi connectivity index (χ3v) is 0.762. The summed E-state index contributed by atoms with van der Waals surface area (Å²) < 4.78 is 1.51. The molecule has 0 atom stereocenters. The highest BCUT2D eigenvalue weighted by molar-refractivity contribution is 6.25. The first-order valence-electron chi connectivity index (χ1n) is 1.89. The van der Waals surface area contributed by atoms with Crippen molar-refractivity contribution in [3.05, 3.63) is 11.6 Å². The fourth-order valence-corrected chi connectivity index (χ4v) is 0.344. The molecule has 7 heavy (non-hydrogen) atoms. The van der Waals surface area contributed by atoms with Gasteiger partial charge in [0.1, 0.15) is 0 Å². The number of likely N-dealkylation sites (N-methyl/N-ethyl adjacent to an activating group) is 1. The molecule has 0 aliphatic heterocycles. The average molecular weight is 140 g/mol. The van der Waals surface area contributed by atoms with E-state index >= 15 is 0 Å². The topological polar surface area (TPSA) is 3.24 Å². The molecule has 0 saturated heterocycles. The van der Waals surface area contributed by atoms with Gasteiger partial charge in [-0.05, 0) is 11.8 Å². The predicted octanol–water partition coefficient (Wildman–Crippen LogP) is 1.82. The third-order valence-electron chi connectivity index (χ3n) is 0.446. The molecule has 1 nitrogen and oxygen atoms in total. The lowest BCUT2D eigenvalue weighted by molar-refractivity contribution is 0.616. The summed E-state index contributed by atoms with van der Waals surface area (Å²) in [5.41, 5.74) is 1.44. The van der Waals surface area contributed by atoms with Crippen molar-refractivity contribution in [3.8, 4) is 0 Å². The van der Waals surface area contributed by atoms with Crippen molar-refractivity contribution in [2.24, 2.45) is 0 Å². The van der Waals surface area contributed by atoms with Gasteiger partial charge in [-0.3, -0.25) is 0 Å². The first kappa shape index (κ1) is 7.28. The van der Waals surface area contributed by atoms with E-state index in [0.717, 1.165) is 0 Å². The summed E-state index contributed by atoms with van der Waals surface area (Å²) in [5.74, 6) is 0. The van der Waals surface area contributed by atoms with Crippen LogP contribution in [0, 0.1) is 0 Å². The Morgan fingerprint density at radius 2 is 2.29 bits per heavy atom. The molecule has 0 aromatic heterocycles. The smallest absolute Gasteiger partial charge is 0.0328 e. The van der Waals surface area contributed by atoms with Crippen LogP contribution in [0.15, 0.2) is 11.6 Å². The number of nitrogens with zero attached hydrogens (tertiary/aromatic N) is 1. The summed E-state index contributed by atoms with van der Waals surface area (Å²) in [6.07, 6.45) is 1.76. The molecular weight excluding hydrogens is 133 g/mol. The van der Waals surface area contributed by atoms with E-state index < -0.39 is 0 Å². The van der Waals surface area contributed by atoms with Crippen molar-refractivity contribution in [2.75, 3.05) is 13.6 Å². The Morgan fingerprint density at radius 3 is 2.43 bits per heavy atom. The van der Waals surface area contributed by atoms with Gasteiger partial charge >= 0.3 is 0 Å². The number of halogens is 2. The second-order valence-corrected chi connectivity index (χ2v) is 1.98. The van der Waals surface area contributed by atoms with Gasteiger partial charge in [0.2, 0.25) is 0 Å². The van der Waals surface area contributed by atoms with Crippen LogP contribution in [0.4, 0.5) is 0 Å². The molecule has 42 valence electrons. The minimum atomic E-state index is 0.686. The van der Waals surface area contributed by atoms with Crippen LogP contribution in [0.5, 0.6) is 0 Å². The van der Waals surface area contributed by atoms with Crippen LogP contribution in [0.2, 0.25) is 0 Å². The lowest BCUT2D eigenvalue weighted by Crippen LogP contribution is -2.02. The minimum Gasteiger partial charge on any atom is -0.219 e. The molecule has 0 aromatic rings. The molecule has 0 aliphatic rings. The van der Waals surface area contributed by atoms with E-state index in [9.17, 15) is 0 Å². The van der Waals surface area contributed by atoms with Crippen LogP contribution in [0.1, 0.15) is 0 Å². The zero-order valence-corrected chi connectivity index (χ0v) is 5.58. The Morgan fingerprint density at radius 1 is 1.71 bits per heavy atom. The van der Waals surface area contributed by atoms with Crippen LogP contribution < -0.4 is 0 Å². The van der Waals surface area contributed by atoms with E-state index in [4.69, 9.17) is 23.4 Å². The highest BCUT2D eigenvalue weighted by Gasteiger charge is 1.81. The summed E-state index contributed by atoms with van der Waals surface area (Å²) in [6.45, 7) is 0.686. The van der Waals surface area contributed by atoms with Gasteiger partial charge in [0.25, 0.3) is 0 Å². The van der Waals surface area contributed by atoms with Crippen LogP contribution in [0.25, 0.3) is 0 Å². The quantitative estimate of drug-likeness (QED) is 0.528. The molecule has 0 amide bonds. The van der Waals surface area contributed by atoms with Crippen molar-refractivity contribution in [1.82, 2.24) is 4.42 Å². The van der Waals surface area contributed by atoms with Gasteiger partial charge in [-0.15, -0.1) is 0 Å². The van der Waals surface area contributed by atoms with Gasteiger partial charge in [0.15, 0.2) is 0 Å². The molecule has 0 aromatic carbocycles. The van der Waals surface area contributed by atoms with Crippen molar-refractivity contribution in [1.29, 1.82) is 0 Å². The zero-order valence-electron chi connectivity index (χ0n) is 4.06. The first-order valence-corrected chi connectivity index (χ1v) is 2.67. The summed E-state index contributed by atoms with van der Waals surface area (Å²) in [7, 11) is 1.76. The monoisotopic (exact) mass is 139 g/mol. The first-order chi connectivity index (χ1) is 3.27. The Kier molecular flexibility index (Phi) is 4.62. The van der Waals surface area contributed by atoms with Gasteiger partial charge < -0.3 is 0 Å². The van der Waals surface area contributed by atoms with E-state index in [1.165, 1.54) is 9.95 Å². The Hall–Kier alpha value is 0.280. The highest BCUT2D eigenvalue weighted by Crippen LogP contribution is 1.87. The van der Waals surface area contributed by atoms with Crippen molar-refractivity contribution >= 4 is 23.4 Å². The summed E-state index contributed by atoms with van der Waals surface area (Å²) in [4.78, 5) is 0. The summed E-state index contributed by atoms with van der Waals surface area (Å²) in [6, 6.07) is 0. The maximum atomic E-state index is 5.38. The third kappa shape index (κ3) is 6.28. The van der Waals surface area contributed by atoms with Gasteiger partial charge in [-0.1, -0.05) is 17.7 Å². The molecule has 0 aliphatic carbocycles. The fraction of sp³-hybridized carbons (Fsp3) is 0.500. The second kappa shape index (κ2) is 4.44. The van der Waals surface area contributed by atoms with E-state index in [1.807, 2.05) is 0 Å². The molecule has 0 saturated carbocycles. The Labute approximate surface area is 53.6 Å². The van der Waals surface area contributed by atoms with Crippen molar-refractivity contribution < 1.29 is 0 Å². The normalized spacial score (nSPS) is 11.4. The Bertz CT molecular complexity index is 60.7. The molecular formula is C4H7Cl2N. The average Bonchev–Trinajstić information content (AvgIpc) is 1.61. The molecule has 0 bridgehead atoms. The van der Waals surface area contributed by atoms with E-state index in [2.05, 4.69) is 0 Å². The summed E-state index contributed by atoms with van der Waals surface area (Å²) >= 11 is 10.6. The van der Waals surface area contributed by atoms with E-state index in [0.29, 0.717) is 6.54 Å². The largest absolute Gasteiger partial charge is 0.219 e. The number of rotatable bonds is 2. The second-order valence-electron chi connectivity index (χ2n) is 1.15. The SMILES string of the molecule is CN(Cl)CC=CCl. The van der Waals surface area contributed by atoms with Crippen LogP contribution in [-0.4, -0.2) is 18.0 Å². The van der Waals surface area contributed by atoms with E-state index in [-0.39, 0.29) is 0 Å². The van der Waals surface area contributed by atoms with Crippen molar-refractivity contribution in [2.45, 2.75) is 0 Å². The van der Waals surface area contributed by atoms with Crippen LogP contribution in [0.3, 0.4) is 0 Å². The van der Waals surface area contributed by atoms with Gasteiger partial charge in [-0.25, -0.2) is 4.42 Å². The van der Waals surface area contributed by atoms with Gasteiger partial charge in [0.05, 0.1) is 0 Å². The molecule has 0 fully saturated rings. The molecule has 0 N–H and O–H groups in total. The molecule has 3 heteroatoms. The predicted molar refractivity (Wildman–Crippen MR) is 33.5 cm³/mol. The highest BCUT2D eigenvalue weighted by atomic mass is 35.5. The fourth-order valence-electron chi connectivity index (χ4n) is 0.185. The number of hydrogen-bond donors (Lipinski definition) is 0. The van der Waals surface area contributed by atoms with Crippen LogP contribution in [-0.2, 0) is 0 Å². The lowest BCUT2D eigenvalue weighted by Gasteiger charge is -1.97. The minimum absolute atomic E-state index is 0.686. The van der Waals surface area contributed by atoms with Crippen molar-refractivity contribution in [3.63, 3.8) is 0 Å². The standard InChI is InChI=1S/C4H7Cl2N/c1-7(6)4-2-3-5/h2-3H,4H2,1H3. The zero-order chi connectivity index (χ0) is 5.70. The maximum absolute atomic E-state index is 5.38. The summed E-state index contributed by atoms with van der Waals surface area (Å²) in [5, 5.41) is 0. The maximum Gasteiger partial charge on any atom is 0.0328 e. The number of hydrogen-bond acceptors (Lipinski definition) is 1. The molecule has 0 unspecified atom stereocenters. The Balaban J connectivity index is 2.97. The molecule has 0 heterocycles. The molecule has 0 spiro atoms. The van der Waals surface area contributed by atoms with E-state index in [1.54, 1.807) is 13.1 Å².